The van der Waals surface area contributed by atoms with Crippen molar-refractivity contribution in [3.63, 3.8) is 0 Å². The molecule has 0 spiro atoms. The Labute approximate surface area is 94.6 Å². The van der Waals surface area contributed by atoms with Crippen molar-refractivity contribution >= 4 is 27.1 Å². The van der Waals surface area contributed by atoms with Gasteiger partial charge in [0.2, 0.25) is 0 Å². The summed E-state index contributed by atoms with van der Waals surface area (Å²) in [7, 11) is -2.98. The average Bonchev–Trinajstić information content (AvgIpc) is 2.05. The summed E-state index contributed by atoms with van der Waals surface area (Å²) in [6.07, 6.45) is 4.35. The molecule has 15 heavy (non-hydrogen) atoms. The summed E-state index contributed by atoms with van der Waals surface area (Å²) < 4.78 is 22.1. The van der Waals surface area contributed by atoms with Crippen LogP contribution in [0.3, 0.4) is 0 Å². The lowest BCUT2D eigenvalue weighted by atomic mass is 10.3. The van der Waals surface area contributed by atoms with Gasteiger partial charge in [-0.1, -0.05) is 11.6 Å². The number of nitrogens with zero attached hydrogens (tertiary/aromatic N) is 1. The molecular weight excluding hydrogens is 236 g/mol. The first-order valence-electron chi connectivity index (χ1n) is 4.42. The molecule has 6 heteroatoms. The molecule has 4 nitrogen and oxygen atoms in total. The van der Waals surface area contributed by atoms with Gasteiger partial charge in [0.15, 0.2) is 0 Å². The standard InChI is InChI=1S/C9H13ClN2O2S/c1-7(6-15(2,13)14)12-9-5-11-4-3-8(9)10/h3-5,7,12H,6H2,1-2H3. The summed E-state index contributed by atoms with van der Waals surface area (Å²) in [5, 5.41) is 3.53. The van der Waals surface area contributed by atoms with Gasteiger partial charge < -0.3 is 5.32 Å². The van der Waals surface area contributed by atoms with E-state index in [1.54, 1.807) is 25.4 Å². The van der Waals surface area contributed by atoms with Crippen molar-refractivity contribution in [1.82, 2.24) is 4.98 Å². The summed E-state index contributed by atoms with van der Waals surface area (Å²) in [5.74, 6) is 0.0677. The van der Waals surface area contributed by atoms with E-state index in [0.717, 1.165) is 0 Å². The van der Waals surface area contributed by atoms with Gasteiger partial charge >= 0.3 is 0 Å². The van der Waals surface area contributed by atoms with Crippen LogP contribution in [0.4, 0.5) is 5.69 Å². The van der Waals surface area contributed by atoms with E-state index < -0.39 is 9.84 Å². The van der Waals surface area contributed by atoms with Crippen LogP contribution in [0.2, 0.25) is 5.02 Å². The highest BCUT2D eigenvalue weighted by atomic mass is 35.5. The van der Waals surface area contributed by atoms with Gasteiger partial charge in [0.25, 0.3) is 0 Å². The number of hydrogen-bond donors (Lipinski definition) is 1. The van der Waals surface area contributed by atoms with Crippen molar-refractivity contribution in [3.8, 4) is 0 Å². The Bertz CT molecular complexity index is 433. The molecule has 1 rings (SSSR count). The van der Waals surface area contributed by atoms with Crippen molar-refractivity contribution in [3.05, 3.63) is 23.5 Å². The molecule has 84 valence electrons. The lowest BCUT2D eigenvalue weighted by Crippen LogP contribution is -2.25. The molecule has 1 N–H and O–H groups in total. The number of pyridine rings is 1. The van der Waals surface area contributed by atoms with Crippen molar-refractivity contribution < 1.29 is 8.42 Å². The van der Waals surface area contributed by atoms with Crippen molar-refractivity contribution in [2.75, 3.05) is 17.3 Å². The molecule has 0 saturated carbocycles. The molecule has 0 radical (unpaired) electrons. The number of nitrogens with one attached hydrogen (secondary N) is 1. The Morgan fingerprint density at radius 2 is 2.27 bits per heavy atom. The van der Waals surface area contributed by atoms with Gasteiger partial charge in [-0.05, 0) is 13.0 Å². The Morgan fingerprint density at radius 1 is 1.60 bits per heavy atom. The fraction of sp³-hybridized carbons (Fsp3) is 0.444. The highest BCUT2D eigenvalue weighted by Crippen LogP contribution is 2.19. The first kappa shape index (κ1) is 12.3. The molecule has 1 aromatic heterocycles. The second-order valence-electron chi connectivity index (χ2n) is 3.49. The summed E-state index contributed by atoms with van der Waals surface area (Å²) in [5.41, 5.74) is 0.648. The Kier molecular flexibility index (Phi) is 3.93. The highest BCUT2D eigenvalue weighted by Gasteiger charge is 2.11. The number of aromatic nitrogens is 1. The second kappa shape index (κ2) is 4.81. The van der Waals surface area contributed by atoms with E-state index in [-0.39, 0.29) is 11.8 Å². The molecule has 0 amide bonds. The van der Waals surface area contributed by atoms with Crippen LogP contribution in [-0.4, -0.2) is 31.5 Å². The number of anilines is 1. The summed E-state index contributed by atoms with van der Waals surface area (Å²) in [6.45, 7) is 1.78. The van der Waals surface area contributed by atoms with E-state index in [1.165, 1.54) is 6.26 Å². The van der Waals surface area contributed by atoms with E-state index in [2.05, 4.69) is 10.3 Å². The monoisotopic (exact) mass is 248 g/mol. The van der Waals surface area contributed by atoms with Gasteiger partial charge in [-0.2, -0.15) is 0 Å². The third-order valence-electron chi connectivity index (χ3n) is 1.72. The van der Waals surface area contributed by atoms with Gasteiger partial charge in [-0.3, -0.25) is 4.98 Å². The zero-order valence-electron chi connectivity index (χ0n) is 8.57. The Morgan fingerprint density at radius 3 is 2.80 bits per heavy atom. The van der Waals surface area contributed by atoms with E-state index in [1.807, 2.05) is 0 Å². The van der Waals surface area contributed by atoms with Crippen LogP contribution in [0.25, 0.3) is 0 Å². The van der Waals surface area contributed by atoms with Gasteiger partial charge in [0.1, 0.15) is 9.84 Å². The minimum atomic E-state index is -2.98. The van der Waals surface area contributed by atoms with Crippen LogP contribution >= 0.6 is 11.6 Å². The maximum absolute atomic E-state index is 11.0. The van der Waals surface area contributed by atoms with Crippen LogP contribution in [0.1, 0.15) is 6.92 Å². The predicted octanol–water partition coefficient (Wildman–Crippen LogP) is 1.58. The van der Waals surface area contributed by atoms with Crippen molar-refractivity contribution in [2.24, 2.45) is 0 Å². The van der Waals surface area contributed by atoms with E-state index in [4.69, 9.17) is 11.6 Å². The summed E-state index contributed by atoms with van der Waals surface area (Å²) >= 11 is 5.89. The molecule has 0 aliphatic rings. The first-order chi connectivity index (χ1) is 6.88. The first-order valence-corrected chi connectivity index (χ1v) is 6.86. The highest BCUT2D eigenvalue weighted by molar-refractivity contribution is 7.90. The van der Waals surface area contributed by atoms with E-state index in [0.29, 0.717) is 10.7 Å². The normalized spacial score (nSPS) is 13.5. The molecule has 0 saturated heterocycles. The summed E-state index contributed by atoms with van der Waals surface area (Å²) in [4.78, 5) is 3.90. The lowest BCUT2D eigenvalue weighted by molar-refractivity contribution is 0.598. The fourth-order valence-corrected chi connectivity index (χ4v) is 2.40. The van der Waals surface area contributed by atoms with Crippen LogP contribution in [-0.2, 0) is 9.84 Å². The average molecular weight is 249 g/mol. The number of sulfone groups is 1. The number of hydrogen-bond acceptors (Lipinski definition) is 4. The molecule has 1 aromatic rings. The molecule has 1 unspecified atom stereocenters. The molecule has 0 aromatic carbocycles. The van der Waals surface area contributed by atoms with Crippen LogP contribution in [0.5, 0.6) is 0 Å². The van der Waals surface area contributed by atoms with Crippen LogP contribution < -0.4 is 5.32 Å². The second-order valence-corrected chi connectivity index (χ2v) is 6.09. The predicted molar refractivity (Wildman–Crippen MR) is 62.0 cm³/mol. The van der Waals surface area contributed by atoms with Gasteiger partial charge in [0.05, 0.1) is 22.7 Å². The molecular formula is C9H13ClN2O2S. The Hall–Kier alpha value is -0.810. The molecule has 1 heterocycles. The van der Waals surface area contributed by atoms with Crippen molar-refractivity contribution in [1.29, 1.82) is 0 Å². The minimum absolute atomic E-state index is 0.0677. The lowest BCUT2D eigenvalue weighted by Gasteiger charge is -2.14. The van der Waals surface area contributed by atoms with E-state index in [9.17, 15) is 8.42 Å². The zero-order chi connectivity index (χ0) is 11.5. The third-order valence-corrected chi connectivity index (χ3v) is 3.16. The fourth-order valence-electron chi connectivity index (χ4n) is 1.24. The quantitative estimate of drug-likeness (QED) is 0.879. The largest absolute Gasteiger partial charge is 0.379 e. The topological polar surface area (TPSA) is 59.1 Å². The minimum Gasteiger partial charge on any atom is -0.379 e. The Balaban J connectivity index is 2.67. The molecule has 0 fully saturated rings. The van der Waals surface area contributed by atoms with E-state index >= 15 is 0 Å². The van der Waals surface area contributed by atoms with Crippen molar-refractivity contribution in [2.45, 2.75) is 13.0 Å². The number of rotatable bonds is 4. The van der Waals surface area contributed by atoms with Gasteiger partial charge in [-0.15, -0.1) is 0 Å². The third kappa shape index (κ3) is 4.48. The maximum Gasteiger partial charge on any atom is 0.149 e. The molecule has 0 bridgehead atoms. The maximum atomic E-state index is 11.0. The molecule has 1 atom stereocenters. The molecule has 0 aliphatic heterocycles. The van der Waals surface area contributed by atoms with Gasteiger partial charge in [-0.25, -0.2) is 8.42 Å². The SMILES string of the molecule is CC(CS(C)(=O)=O)Nc1cnccc1Cl. The summed E-state index contributed by atoms with van der Waals surface area (Å²) in [6, 6.07) is 1.46. The molecule has 0 aliphatic carbocycles. The smallest absolute Gasteiger partial charge is 0.149 e. The number of halogens is 1. The van der Waals surface area contributed by atoms with Crippen LogP contribution in [0.15, 0.2) is 18.5 Å². The van der Waals surface area contributed by atoms with Gasteiger partial charge in [0, 0.05) is 18.5 Å². The zero-order valence-corrected chi connectivity index (χ0v) is 10.1. The van der Waals surface area contributed by atoms with Crippen LogP contribution in [0, 0.1) is 0 Å².